The van der Waals surface area contributed by atoms with E-state index in [0.29, 0.717) is 24.4 Å². The van der Waals surface area contributed by atoms with Gasteiger partial charge in [0.1, 0.15) is 0 Å². The molecule has 0 amide bonds. The van der Waals surface area contributed by atoms with Gasteiger partial charge in [0.15, 0.2) is 0 Å². The maximum absolute atomic E-state index is 12.4. The summed E-state index contributed by atoms with van der Waals surface area (Å²) in [7, 11) is 0. The van der Waals surface area contributed by atoms with Crippen LogP contribution < -0.4 is 0 Å². The molecule has 0 saturated carbocycles. The van der Waals surface area contributed by atoms with E-state index in [1.807, 2.05) is 0 Å². The monoisotopic (exact) mass is 482 g/mol. The van der Waals surface area contributed by atoms with E-state index in [1.165, 1.54) is 25.7 Å². The number of unbranched alkanes of at least 4 members (excludes halogenated alkanes) is 7. The molecule has 2 aliphatic heterocycles. The fraction of sp³-hybridized carbons (Fsp3) is 0.929. The van der Waals surface area contributed by atoms with Crippen LogP contribution in [0.3, 0.4) is 0 Å². The largest absolute Gasteiger partial charge is 0.481 e. The summed E-state index contributed by atoms with van der Waals surface area (Å²) in [6.45, 7) is 4.39. The summed E-state index contributed by atoms with van der Waals surface area (Å²) in [6.07, 6.45) is 19.5. The van der Waals surface area contributed by atoms with Gasteiger partial charge in [0.05, 0.1) is 29.8 Å². The van der Waals surface area contributed by atoms with Gasteiger partial charge in [-0.3, -0.25) is 9.59 Å². The van der Waals surface area contributed by atoms with E-state index in [9.17, 15) is 14.7 Å². The van der Waals surface area contributed by atoms with Gasteiger partial charge in [-0.05, 0) is 57.8 Å². The number of carboxylic acid groups (broad SMARTS) is 2. The van der Waals surface area contributed by atoms with Crippen molar-refractivity contribution in [1.82, 2.24) is 0 Å². The average Bonchev–Trinajstić information content (AvgIpc) is 3.71. The predicted molar refractivity (Wildman–Crippen MR) is 134 cm³/mol. The Balaban J connectivity index is 1.64. The van der Waals surface area contributed by atoms with Gasteiger partial charge in [-0.25, -0.2) is 0 Å². The lowest BCUT2D eigenvalue weighted by Crippen LogP contribution is -2.31. The summed E-state index contributed by atoms with van der Waals surface area (Å²) < 4.78 is 11.6. The van der Waals surface area contributed by atoms with Crippen LogP contribution in [0.5, 0.6) is 0 Å². The highest BCUT2D eigenvalue weighted by Gasteiger charge is 2.44. The molecular weight excluding hydrogens is 432 g/mol. The molecule has 4 unspecified atom stereocenters. The lowest BCUT2D eigenvalue weighted by molar-refractivity contribution is -0.151. The molecule has 0 radical (unpaired) electrons. The molecule has 34 heavy (non-hydrogen) atoms. The van der Waals surface area contributed by atoms with Crippen LogP contribution in [0.1, 0.15) is 136 Å². The van der Waals surface area contributed by atoms with Crippen molar-refractivity contribution in [3.05, 3.63) is 0 Å². The number of carbonyl (C=O) groups is 2. The lowest BCUT2D eigenvalue weighted by Gasteiger charge is -2.30. The number of epoxide rings is 2. The van der Waals surface area contributed by atoms with E-state index in [1.54, 1.807) is 0 Å². The molecule has 2 fully saturated rings. The number of carboxylic acids is 2. The molecule has 0 bridgehead atoms. The van der Waals surface area contributed by atoms with Gasteiger partial charge in [-0.15, -0.1) is 0 Å². The standard InChI is InChI=1S/C28H50O6/c1-3-5-7-11-19-28(27(31)32,20-12-8-6-4-2)21-13-15-23-25(34-23)18-17-24-22(33-24)14-9-10-16-26(29)30/h22-25H,3-21H2,1-2H3,(H,29,30)(H,31,32). The van der Waals surface area contributed by atoms with Crippen molar-refractivity contribution >= 4 is 11.9 Å². The number of hydrogen-bond donors (Lipinski definition) is 2. The SMILES string of the molecule is CCCCCCC(CCCCCC)(CCCC1OC1CCC1OC1CCCCC(=O)O)C(=O)O. The minimum atomic E-state index is -0.723. The fourth-order valence-electron chi connectivity index (χ4n) is 5.44. The first kappa shape index (κ1) is 29.1. The Morgan fingerprint density at radius 1 is 0.618 bits per heavy atom. The van der Waals surface area contributed by atoms with Crippen LogP contribution in [0.2, 0.25) is 0 Å². The Morgan fingerprint density at radius 3 is 1.56 bits per heavy atom. The van der Waals surface area contributed by atoms with Crippen LogP contribution >= 0.6 is 0 Å². The van der Waals surface area contributed by atoms with E-state index in [0.717, 1.165) is 89.9 Å². The van der Waals surface area contributed by atoms with Gasteiger partial charge >= 0.3 is 11.9 Å². The zero-order chi connectivity index (χ0) is 24.8. The number of ether oxygens (including phenoxy) is 2. The second-order valence-corrected chi connectivity index (χ2v) is 10.7. The first-order chi connectivity index (χ1) is 16.4. The summed E-state index contributed by atoms with van der Waals surface area (Å²) in [6, 6.07) is 0. The highest BCUT2D eigenvalue weighted by molar-refractivity contribution is 5.74. The Kier molecular flexibility index (Phi) is 13.5. The number of rotatable bonds is 23. The van der Waals surface area contributed by atoms with Gasteiger partial charge in [0.25, 0.3) is 0 Å². The number of hydrogen-bond acceptors (Lipinski definition) is 4. The van der Waals surface area contributed by atoms with Gasteiger partial charge < -0.3 is 19.7 Å². The Labute approximate surface area is 207 Å². The summed E-state index contributed by atoms with van der Waals surface area (Å²) in [5, 5.41) is 18.9. The molecule has 6 nitrogen and oxygen atoms in total. The molecule has 2 rings (SSSR count). The minimum Gasteiger partial charge on any atom is -0.481 e. The fourth-order valence-corrected chi connectivity index (χ4v) is 5.44. The minimum absolute atomic E-state index is 0.246. The molecule has 0 aliphatic carbocycles. The Hall–Kier alpha value is -1.14. The predicted octanol–water partition coefficient (Wildman–Crippen LogP) is 7.13. The first-order valence-corrected chi connectivity index (χ1v) is 14.2. The topological polar surface area (TPSA) is 99.7 Å². The summed E-state index contributed by atoms with van der Waals surface area (Å²) in [5.74, 6) is -1.31. The number of aliphatic carboxylic acids is 2. The van der Waals surface area contributed by atoms with Crippen molar-refractivity contribution in [1.29, 1.82) is 0 Å². The molecule has 2 aliphatic rings. The third-order valence-electron chi connectivity index (χ3n) is 7.86. The van der Waals surface area contributed by atoms with E-state index in [2.05, 4.69) is 13.8 Å². The van der Waals surface area contributed by atoms with Crippen LogP contribution in [-0.2, 0) is 19.1 Å². The first-order valence-electron chi connectivity index (χ1n) is 14.2. The van der Waals surface area contributed by atoms with Crippen LogP contribution in [-0.4, -0.2) is 46.6 Å². The Bertz CT molecular complexity index is 579. The second-order valence-electron chi connectivity index (χ2n) is 10.7. The van der Waals surface area contributed by atoms with Crippen LogP contribution in [0.15, 0.2) is 0 Å². The third kappa shape index (κ3) is 11.1. The van der Waals surface area contributed by atoms with Gasteiger partial charge in [-0.1, -0.05) is 71.6 Å². The van der Waals surface area contributed by atoms with Gasteiger partial charge in [0, 0.05) is 6.42 Å². The molecule has 2 N–H and O–H groups in total. The van der Waals surface area contributed by atoms with Crippen LogP contribution in [0, 0.1) is 5.41 Å². The van der Waals surface area contributed by atoms with E-state index >= 15 is 0 Å². The van der Waals surface area contributed by atoms with E-state index in [4.69, 9.17) is 14.6 Å². The molecule has 2 heterocycles. The Morgan fingerprint density at radius 2 is 1.09 bits per heavy atom. The maximum Gasteiger partial charge on any atom is 0.309 e. The van der Waals surface area contributed by atoms with Gasteiger partial charge in [-0.2, -0.15) is 0 Å². The van der Waals surface area contributed by atoms with Crippen molar-refractivity contribution in [2.24, 2.45) is 5.41 Å². The lowest BCUT2D eigenvalue weighted by atomic mass is 9.74. The normalized spacial score (nSPS) is 23.7. The van der Waals surface area contributed by atoms with Crippen LogP contribution in [0.4, 0.5) is 0 Å². The summed E-state index contributed by atoms with van der Waals surface area (Å²) in [4.78, 5) is 22.9. The average molecular weight is 483 g/mol. The zero-order valence-electron chi connectivity index (χ0n) is 21.8. The molecule has 6 heteroatoms. The van der Waals surface area contributed by atoms with Gasteiger partial charge in [0.2, 0.25) is 0 Å². The molecule has 198 valence electrons. The molecule has 2 saturated heterocycles. The van der Waals surface area contributed by atoms with Crippen molar-refractivity contribution in [2.75, 3.05) is 0 Å². The summed E-state index contributed by atoms with van der Waals surface area (Å²) in [5.41, 5.74) is -0.554. The maximum atomic E-state index is 12.4. The summed E-state index contributed by atoms with van der Waals surface area (Å²) >= 11 is 0. The highest BCUT2D eigenvalue weighted by atomic mass is 16.6. The quantitative estimate of drug-likeness (QED) is 0.119. The zero-order valence-corrected chi connectivity index (χ0v) is 21.8. The molecule has 0 aromatic rings. The van der Waals surface area contributed by atoms with Crippen LogP contribution in [0.25, 0.3) is 0 Å². The van der Waals surface area contributed by atoms with Crippen molar-refractivity contribution in [3.63, 3.8) is 0 Å². The highest BCUT2D eigenvalue weighted by Crippen LogP contribution is 2.41. The molecule has 0 spiro atoms. The molecule has 4 atom stereocenters. The van der Waals surface area contributed by atoms with E-state index in [-0.39, 0.29) is 6.42 Å². The second kappa shape index (κ2) is 15.8. The third-order valence-corrected chi connectivity index (χ3v) is 7.86. The van der Waals surface area contributed by atoms with Crippen molar-refractivity contribution in [3.8, 4) is 0 Å². The van der Waals surface area contributed by atoms with Crippen molar-refractivity contribution < 1.29 is 29.3 Å². The molecule has 0 aromatic heterocycles. The molecule has 0 aromatic carbocycles. The molecular formula is C28H50O6. The smallest absolute Gasteiger partial charge is 0.309 e. The van der Waals surface area contributed by atoms with Crippen molar-refractivity contribution in [2.45, 2.75) is 160 Å². The van der Waals surface area contributed by atoms with E-state index < -0.39 is 17.4 Å².